The average Bonchev–Trinajstić information content (AvgIpc) is 2.42. The van der Waals surface area contributed by atoms with E-state index in [0.29, 0.717) is 5.56 Å². The van der Waals surface area contributed by atoms with Crippen molar-refractivity contribution in [3.8, 4) is 11.1 Å². The lowest BCUT2D eigenvalue weighted by Crippen LogP contribution is -2.13. The predicted octanol–water partition coefficient (Wildman–Crippen LogP) is 4.30. The van der Waals surface area contributed by atoms with Gasteiger partial charge in [0.25, 0.3) is 0 Å². The highest BCUT2D eigenvalue weighted by molar-refractivity contribution is 5.68. The van der Waals surface area contributed by atoms with Gasteiger partial charge in [-0.3, -0.25) is 0 Å². The fraction of sp³-hybridized carbons (Fsp3) is 0.294. The molecule has 2 aromatic rings. The summed E-state index contributed by atoms with van der Waals surface area (Å²) in [6.45, 7) is 5.91. The number of aryl methyl sites for hydroxylation is 1. The molecule has 1 N–H and O–H groups in total. The Morgan fingerprint density at radius 3 is 2.58 bits per heavy atom. The van der Waals surface area contributed by atoms with Crippen molar-refractivity contribution in [2.75, 3.05) is 6.54 Å². The Balaban J connectivity index is 2.30. The van der Waals surface area contributed by atoms with Crippen LogP contribution in [0.3, 0.4) is 0 Å². The maximum absolute atomic E-state index is 14.0. The summed E-state index contributed by atoms with van der Waals surface area (Å²) in [4.78, 5) is 0. The Morgan fingerprint density at radius 2 is 1.84 bits per heavy atom. The van der Waals surface area contributed by atoms with Gasteiger partial charge < -0.3 is 5.32 Å². The number of halogens is 1. The molecule has 0 atom stereocenters. The van der Waals surface area contributed by atoms with Crippen molar-refractivity contribution in [3.63, 3.8) is 0 Å². The van der Waals surface area contributed by atoms with Gasteiger partial charge in [0, 0.05) is 12.1 Å². The van der Waals surface area contributed by atoms with Crippen LogP contribution in [0, 0.1) is 12.7 Å². The van der Waals surface area contributed by atoms with Crippen molar-refractivity contribution >= 4 is 0 Å². The molecule has 0 spiro atoms. The molecule has 0 saturated heterocycles. The van der Waals surface area contributed by atoms with Gasteiger partial charge in [-0.2, -0.15) is 0 Å². The summed E-state index contributed by atoms with van der Waals surface area (Å²) < 4.78 is 14.0. The molecule has 0 aliphatic rings. The van der Waals surface area contributed by atoms with E-state index in [1.54, 1.807) is 6.07 Å². The first-order valence-corrected chi connectivity index (χ1v) is 6.77. The maximum Gasteiger partial charge on any atom is 0.131 e. The molecule has 0 aliphatic carbocycles. The summed E-state index contributed by atoms with van der Waals surface area (Å²) in [5.41, 5.74) is 3.87. The lowest BCUT2D eigenvalue weighted by atomic mass is 9.98. The van der Waals surface area contributed by atoms with Crippen LogP contribution in [0.25, 0.3) is 11.1 Å². The number of nitrogens with one attached hydrogen (secondary N) is 1. The third kappa shape index (κ3) is 3.42. The van der Waals surface area contributed by atoms with Crippen molar-refractivity contribution in [2.45, 2.75) is 26.8 Å². The largest absolute Gasteiger partial charge is 0.313 e. The highest BCUT2D eigenvalue weighted by Gasteiger charge is 2.08. The summed E-state index contributed by atoms with van der Waals surface area (Å²) in [6.07, 6.45) is 1.10. The van der Waals surface area contributed by atoms with Gasteiger partial charge in [0.15, 0.2) is 0 Å². The Kier molecular flexibility index (Phi) is 4.69. The molecular formula is C17H20FN. The number of hydrogen-bond donors (Lipinski definition) is 1. The molecule has 100 valence electrons. The first-order valence-electron chi connectivity index (χ1n) is 6.77. The van der Waals surface area contributed by atoms with Crippen LogP contribution in [0.15, 0.2) is 42.5 Å². The molecule has 0 aromatic heterocycles. The second-order valence-corrected chi connectivity index (χ2v) is 4.81. The van der Waals surface area contributed by atoms with E-state index in [0.717, 1.165) is 36.2 Å². The predicted molar refractivity (Wildman–Crippen MR) is 78.6 cm³/mol. The highest BCUT2D eigenvalue weighted by atomic mass is 19.1. The summed E-state index contributed by atoms with van der Waals surface area (Å²) in [5.74, 6) is -0.159. The minimum Gasteiger partial charge on any atom is -0.313 e. The molecule has 2 rings (SSSR count). The molecule has 1 nitrogen and oxygen atoms in total. The topological polar surface area (TPSA) is 12.0 Å². The van der Waals surface area contributed by atoms with Crippen molar-refractivity contribution < 1.29 is 4.39 Å². The van der Waals surface area contributed by atoms with E-state index >= 15 is 0 Å². The van der Waals surface area contributed by atoms with Crippen LogP contribution in [0.4, 0.5) is 4.39 Å². The molecule has 0 saturated carbocycles. The van der Waals surface area contributed by atoms with E-state index in [4.69, 9.17) is 0 Å². The van der Waals surface area contributed by atoms with E-state index in [-0.39, 0.29) is 5.82 Å². The lowest BCUT2D eigenvalue weighted by Gasteiger charge is -2.10. The molecule has 0 amide bonds. The summed E-state index contributed by atoms with van der Waals surface area (Å²) >= 11 is 0. The monoisotopic (exact) mass is 257 g/mol. The van der Waals surface area contributed by atoms with E-state index in [9.17, 15) is 4.39 Å². The summed E-state index contributed by atoms with van der Waals surface area (Å²) in [5, 5.41) is 3.34. The first-order chi connectivity index (χ1) is 9.22. The Morgan fingerprint density at radius 1 is 1.05 bits per heavy atom. The van der Waals surface area contributed by atoms with E-state index < -0.39 is 0 Å². The zero-order valence-corrected chi connectivity index (χ0v) is 11.5. The van der Waals surface area contributed by atoms with Gasteiger partial charge in [0.05, 0.1) is 0 Å². The molecule has 2 heteroatoms. The van der Waals surface area contributed by atoms with Crippen molar-refractivity contribution in [3.05, 3.63) is 59.4 Å². The molecule has 0 fully saturated rings. The third-order valence-electron chi connectivity index (χ3n) is 3.22. The van der Waals surface area contributed by atoms with Crippen molar-refractivity contribution in [1.29, 1.82) is 0 Å². The standard InChI is InChI=1S/C17H20FN/c1-3-10-19-12-14-8-9-17(18)16(11-14)15-7-5-4-6-13(15)2/h4-9,11,19H,3,10,12H2,1-2H3. The van der Waals surface area contributed by atoms with E-state index in [1.165, 1.54) is 0 Å². The minimum absolute atomic E-state index is 0.159. The fourth-order valence-electron chi connectivity index (χ4n) is 2.17. The van der Waals surface area contributed by atoms with Crippen molar-refractivity contribution in [1.82, 2.24) is 5.32 Å². The quantitative estimate of drug-likeness (QED) is 0.787. The zero-order valence-electron chi connectivity index (χ0n) is 11.5. The molecule has 0 unspecified atom stereocenters. The van der Waals surface area contributed by atoms with Gasteiger partial charge >= 0.3 is 0 Å². The lowest BCUT2D eigenvalue weighted by molar-refractivity contribution is 0.628. The van der Waals surface area contributed by atoms with Gasteiger partial charge in [-0.1, -0.05) is 37.3 Å². The Hall–Kier alpha value is -1.67. The maximum atomic E-state index is 14.0. The molecule has 0 bridgehead atoms. The summed E-state index contributed by atoms with van der Waals surface area (Å²) in [6, 6.07) is 13.3. The molecule has 19 heavy (non-hydrogen) atoms. The van der Waals surface area contributed by atoms with Crippen LogP contribution in [0.2, 0.25) is 0 Å². The average molecular weight is 257 g/mol. The second kappa shape index (κ2) is 6.48. The zero-order chi connectivity index (χ0) is 13.7. The molecule has 0 aliphatic heterocycles. The minimum atomic E-state index is -0.159. The van der Waals surface area contributed by atoms with Gasteiger partial charge in [-0.15, -0.1) is 0 Å². The van der Waals surface area contributed by atoms with Crippen LogP contribution in [0.1, 0.15) is 24.5 Å². The molecule has 0 radical (unpaired) electrons. The van der Waals surface area contributed by atoms with Crippen LogP contribution in [-0.4, -0.2) is 6.54 Å². The summed E-state index contributed by atoms with van der Waals surface area (Å²) in [7, 11) is 0. The van der Waals surface area contributed by atoms with Crippen LogP contribution in [-0.2, 0) is 6.54 Å². The van der Waals surface area contributed by atoms with Crippen LogP contribution >= 0.6 is 0 Å². The van der Waals surface area contributed by atoms with Crippen LogP contribution in [0.5, 0.6) is 0 Å². The molecule has 2 aromatic carbocycles. The van der Waals surface area contributed by atoms with Crippen LogP contribution < -0.4 is 5.32 Å². The Labute approximate surface area is 114 Å². The third-order valence-corrected chi connectivity index (χ3v) is 3.22. The van der Waals surface area contributed by atoms with Gasteiger partial charge in [-0.05, 0) is 48.7 Å². The number of rotatable bonds is 5. The number of hydrogen-bond acceptors (Lipinski definition) is 1. The Bertz CT molecular complexity index is 549. The molecule has 0 heterocycles. The van der Waals surface area contributed by atoms with Crippen molar-refractivity contribution in [2.24, 2.45) is 0 Å². The second-order valence-electron chi connectivity index (χ2n) is 4.81. The smallest absolute Gasteiger partial charge is 0.131 e. The number of benzene rings is 2. The van der Waals surface area contributed by atoms with Gasteiger partial charge in [0.2, 0.25) is 0 Å². The fourth-order valence-corrected chi connectivity index (χ4v) is 2.17. The van der Waals surface area contributed by atoms with E-state index in [2.05, 4.69) is 12.2 Å². The highest BCUT2D eigenvalue weighted by Crippen LogP contribution is 2.26. The van der Waals surface area contributed by atoms with Gasteiger partial charge in [0.1, 0.15) is 5.82 Å². The molecular weight excluding hydrogens is 237 g/mol. The normalized spacial score (nSPS) is 10.7. The first kappa shape index (κ1) is 13.8. The van der Waals surface area contributed by atoms with Gasteiger partial charge in [-0.25, -0.2) is 4.39 Å². The van der Waals surface area contributed by atoms with E-state index in [1.807, 2.05) is 43.3 Å². The SMILES string of the molecule is CCCNCc1ccc(F)c(-c2ccccc2C)c1.